The normalized spacial score (nSPS) is 11.2. The number of halogens is 3. The fourth-order valence-electron chi connectivity index (χ4n) is 0.986. The lowest BCUT2D eigenvalue weighted by Crippen LogP contribution is -2.15. The summed E-state index contributed by atoms with van der Waals surface area (Å²) >= 11 is 5.07. The second kappa shape index (κ2) is 4.84. The standard InChI is InChI=1S/C8H6ClF2NO4S/c9-3-17(15,16)12-7-1-4(8(13)14)5(10)2-6(7)11/h1-2,12H,3H2,(H,13,14). The Morgan fingerprint density at radius 3 is 2.41 bits per heavy atom. The van der Waals surface area contributed by atoms with Gasteiger partial charge in [0, 0.05) is 6.07 Å². The van der Waals surface area contributed by atoms with E-state index in [0.29, 0.717) is 6.07 Å². The zero-order valence-corrected chi connectivity index (χ0v) is 9.65. The molecule has 0 saturated carbocycles. The number of nitrogens with one attached hydrogen (secondary N) is 1. The molecule has 0 unspecified atom stereocenters. The molecular weight excluding hydrogens is 280 g/mol. The highest BCUT2D eigenvalue weighted by atomic mass is 35.5. The first kappa shape index (κ1) is 13.7. The number of hydrogen-bond acceptors (Lipinski definition) is 3. The zero-order valence-electron chi connectivity index (χ0n) is 8.08. The molecule has 9 heteroatoms. The van der Waals surface area contributed by atoms with E-state index in [1.807, 2.05) is 0 Å². The second-order valence-electron chi connectivity index (χ2n) is 2.94. The molecule has 0 aliphatic heterocycles. The van der Waals surface area contributed by atoms with Gasteiger partial charge in [-0.25, -0.2) is 22.0 Å². The van der Waals surface area contributed by atoms with Gasteiger partial charge in [-0.2, -0.15) is 0 Å². The Labute approximate surface area is 100 Å². The molecule has 0 aliphatic carbocycles. The third-order valence-corrected chi connectivity index (χ3v) is 3.38. The van der Waals surface area contributed by atoms with Gasteiger partial charge in [0.1, 0.15) is 16.8 Å². The van der Waals surface area contributed by atoms with Gasteiger partial charge in [-0.3, -0.25) is 4.72 Å². The van der Waals surface area contributed by atoms with Gasteiger partial charge < -0.3 is 5.11 Å². The molecule has 0 spiro atoms. The van der Waals surface area contributed by atoms with Crippen molar-refractivity contribution in [3.63, 3.8) is 0 Å². The molecule has 17 heavy (non-hydrogen) atoms. The van der Waals surface area contributed by atoms with Crippen LogP contribution in [0.1, 0.15) is 10.4 Å². The third kappa shape index (κ3) is 3.27. The second-order valence-corrected chi connectivity index (χ2v) is 5.25. The summed E-state index contributed by atoms with van der Waals surface area (Å²) in [7, 11) is -3.99. The molecule has 5 nitrogen and oxygen atoms in total. The van der Waals surface area contributed by atoms with E-state index < -0.39 is 44.1 Å². The molecule has 0 amide bonds. The van der Waals surface area contributed by atoms with E-state index >= 15 is 0 Å². The van der Waals surface area contributed by atoms with Crippen LogP contribution >= 0.6 is 11.6 Å². The topological polar surface area (TPSA) is 83.5 Å². The summed E-state index contributed by atoms with van der Waals surface area (Å²) < 4.78 is 49.9. The van der Waals surface area contributed by atoms with Crippen LogP contribution in [0.25, 0.3) is 0 Å². The fraction of sp³-hybridized carbons (Fsp3) is 0.125. The first-order chi connectivity index (χ1) is 7.76. The number of hydrogen-bond donors (Lipinski definition) is 2. The minimum Gasteiger partial charge on any atom is -0.478 e. The molecular formula is C8H6ClF2NO4S. The van der Waals surface area contributed by atoms with Crippen molar-refractivity contribution in [3.05, 3.63) is 29.3 Å². The Bertz CT molecular complexity index is 561. The Morgan fingerprint density at radius 1 is 1.35 bits per heavy atom. The SMILES string of the molecule is O=C(O)c1cc(NS(=O)(=O)CCl)c(F)cc1F. The Balaban J connectivity index is 3.26. The van der Waals surface area contributed by atoms with Crippen LogP contribution in [-0.4, -0.2) is 24.7 Å². The first-order valence-electron chi connectivity index (χ1n) is 4.05. The average Bonchev–Trinajstić information content (AvgIpc) is 2.21. The highest BCUT2D eigenvalue weighted by Gasteiger charge is 2.18. The van der Waals surface area contributed by atoms with Crippen LogP contribution in [0.2, 0.25) is 0 Å². The van der Waals surface area contributed by atoms with Gasteiger partial charge in [0.05, 0.1) is 11.3 Å². The lowest BCUT2D eigenvalue weighted by atomic mass is 10.2. The Morgan fingerprint density at radius 2 is 1.94 bits per heavy atom. The van der Waals surface area contributed by atoms with Gasteiger partial charge in [-0.05, 0) is 6.07 Å². The molecule has 0 aliphatic rings. The molecule has 0 radical (unpaired) electrons. The van der Waals surface area contributed by atoms with Crippen molar-refractivity contribution in [1.82, 2.24) is 0 Å². The van der Waals surface area contributed by atoms with Crippen molar-refractivity contribution in [2.75, 3.05) is 9.93 Å². The van der Waals surface area contributed by atoms with Gasteiger partial charge in [-0.15, -0.1) is 11.6 Å². The predicted octanol–water partition coefficient (Wildman–Crippen LogP) is 1.60. The lowest BCUT2D eigenvalue weighted by molar-refractivity contribution is 0.0692. The predicted molar refractivity (Wildman–Crippen MR) is 56.6 cm³/mol. The van der Waals surface area contributed by atoms with Crippen molar-refractivity contribution in [3.8, 4) is 0 Å². The van der Waals surface area contributed by atoms with Crippen molar-refractivity contribution < 1.29 is 27.1 Å². The van der Waals surface area contributed by atoms with Crippen LogP contribution in [-0.2, 0) is 10.0 Å². The molecule has 0 bridgehead atoms. The number of rotatable bonds is 4. The van der Waals surface area contributed by atoms with Gasteiger partial charge in [0.15, 0.2) is 0 Å². The highest BCUT2D eigenvalue weighted by molar-refractivity contribution is 7.93. The lowest BCUT2D eigenvalue weighted by Gasteiger charge is -2.08. The summed E-state index contributed by atoms with van der Waals surface area (Å²) in [5.74, 6) is -4.18. The summed E-state index contributed by atoms with van der Waals surface area (Å²) in [5, 5.41) is 7.73. The molecule has 94 valence electrons. The van der Waals surface area contributed by atoms with Crippen molar-refractivity contribution in [2.45, 2.75) is 0 Å². The quantitative estimate of drug-likeness (QED) is 0.823. The molecule has 1 rings (SSSR count). The number of carbonyl (C=O) groups is 1. The summed E-state index contributed by atoms with van der Waals surface area (Å²) in [6.07, 6.45) is 0. The maximum atomic E-state index is 13.2. The maximum Gasteiger partial charge on any atom is 0.338 e. The van der Waals surface area contributed by atoms with Crippen LogP contribution in [0, 0.1) is 11.6 Å². The summed E-state index contributed by atoms with van der Waals surface area (Å²) in [6.45, 7) is 0. The largest absolute Gasteiger partial charge is 0.478 e. The van der Waals surface area contributed by atoms with E-state index in [4.69, 9.17) is 16.7 Å². The Hall–Kier alpha value is -1.41. The van der Waals surface area contributed by atoms with Crippen molar-refractivity contribution >= 4 is 33.3 Å². The third-order valence-electron chi connectivity index (χ3n) is 1.70. The number of carboxylic acid groups (broad SMARTS) is 1. The van der Waals surface area contributed by atoms with Gasteiger partial charge >= 0.3 is 5.97 Å². The molecule has 1 aromatic rings. The highest BCUT2D eigenvalue weighted by Crippen LogP contribution is 2.21. The minimum atomic E-state index is -3.99. The van der Waals surface area contributed by atoms with Crippen LogP contribution in [0.3, 0.4) is 0 Å². The smallest absolute Gasteiger partial charge is 0.338 e. The number of benzene rings is 1. The van der Waals surface area contributed by atoms with E-state index in [-0.39, 0.29) is 6.07 Å². The molecule has 0 saturated heterocycles. The molecule has 2 N–H and O–H groups in total. The van der Waals surface area contributed by atoms with Gasteiger partial charge in [0.25, 0.3) is 0 Å². The average molecular weight is 286 g/mol. The van der Waals surface area contributed by atoms with Crippen molar-refractivity contribution in [1.29, 1.82) is 0 Å². The maximum absolute atomic E-state index is 13.2. The van der Waals surface area contributed by atoms with E-state index in [2.05, 4.69) is 0 Å². The summed E-state index contributed by atoms with van der Waals surface area (Å²) in [4.78, 5) is 10.6. The molecule has 0 fully saturated rings. The van der Waals surface area contributed by atoms with Crippen molar-refractivity contribution in [2.24, 2.45) is 0 Å². The van der Waals surface area contributed by atoms with Crippen LogP contribution in [0.4, 0.5) is 14.5 Å². The van der Waals surface area contributed by atoms with E-state index in [9.17, 15) is 22.0 Å². The first-order valence-corrected chi connectivity index (χ1v) is 6.24. The minimum absolute atomic E-state index is 0.273. The van der Waals surface area contributed by atoms with Gasteiger partial charge in [0.2, 0.25) is 10.0 Å². The number of aromatic carboxylic acids is 1. The van der Waals surface area contributed by atoms with Crippen LogP contribution < -0.4 is 4.72 Å². The summed E-state index contributed by atoms with van der Waals surface area (Å²) in [6, 6.07) is 0.812. The molecule has 1 aromatic carbocycles. The van der Waals surface area contributed by atoms with E-state index in [1.54, 1.807) is 4.72 Å². The number of anilines is 1. The molecule has 0 heterocycles. The number of carboxylic acids is 1. The number of sulfonamides is 1. The van der Waals surface area contributed by atoms with Crippen LogP contribution in [0.15, 0.2) is 12.1 Å². The van der Waals surface area contributed by atoms with E-state index in [0.717, 1.165) is 0 Å². The summed E-state index contributed by atoms with van der Waals surface area (Å²) in [5.41, 5.74) is -1.52. The van der Waals surface area contributed by atoms with E-state index in [1.165, 1.54) is 0 Å². The van der Waals surface area contributed by atoms with Crippen LogP contribution in [0.5, 0.6) is 0 Å². The zero-order chi connectivity index (χ0) is 13.2. The Kier molecular flexibility index (Phi) is 3.89. The monoisotopic (exact) mass is 285 g/mol. The molecule has 0 aromatic heterocycles. The molecule has 0 atom stereocenters. The number of alkyl halides is 1. The fourth-order valence-corrected chi connectivity index (χ4v) is 1.70. The van der Waals surface area contributed by atoms with Gasteiger partial charge in [-0.1, -0.05) is 0 Å².